The van der Waals surface area contributed by atoms with Crippen molar-refractivity contribution in [2.45, 2.75) is 38.4 Å². The van der Waals surface area contributed by atoms with Crippen LogP contribution in [-0.4, -0.2) is 28.8 Å². The second kappa shape index (κ2) is 5.87. The summed E-state index contributed by atoms with van der Waals surface area (Å²) in [6.07, 6.45) is 2.23. The van der Waals surface area contributed by atoms with E-state index < -0.39 is 0 Å². The van der Waals surface area contributed by atoms with Gasteiger partial charge in [-0.15, -0.1) is 11.3 Å². The molecule has 0 radical (unpaired) electrons. The van der Waals surface area contributed by atoms with E-state index in [1.165, 1.54) is 23.5 Å². The lowest BCUT2D eigenvalue weighted by Crippen LogP contribution is -3.11. The van der Waals surface area contributed by atoms with E-state index in [1.54, 1.807) is 16.7 Å². The molecule has 0 amide bonds. The van der Waals surface area contributed by atoms with Gasteiger partial charge < -0.3 is 10.6 Å². The van der Waals surface area contributed by atoms with Gasteiger partial charge >= 0.3 is 0 Å². The zero-order valence-corrected chi connectivity index (χ0v) is 13.7. The van der Waals surface area contributed by atoms with Crippen LogP contribution in [-0.2, 0) is 13.0 Å². The Morgan fingerprint density at radius 1 is 1.35 bits per heavy atom. The van der Waals surface area contributed by atoms with Crippen molar-refractivity contribution in [1.82, 2.24) is 9.97 Å². The molecular formula is C14H21N4S2+. The number of aromatic nitrogens is 2. The summed E-state index contributed by atoms with van der Waals surface area (Å²) in [5.41, 5.74) is 7.61. The van der Waals surface area contributed by atoms with E-state index in [4.69, 9.17) is 10.7 Å². The molecule has 2 aromatic rings. The van der Waals surface area contributed by atoms with Crippen molar-refractivity contribution in [1.29, 1.82) is 0 Å². The number of nitrogens with two attached hydrogens (primary N) is 1. The number of nitrogens with zero attached hydrogens (tertiary/aromatic N) is 2. The number of thiophene rings is 1. The normalized spacial score (nSPS) is 18.4. The van der Waals surface area contributed by atoms with Gasteiger partial charge in [0.15, 0.2) is 5.16 Å². The topological polar surface area (TPSA) is 56.2 Å². The molecule has 108 valence electrons. The van der Waals surface area contributed by atoms with Crippen LogP contribution in [0.4, 0.5) is 5.82 Å². The maximum Gasteiger partial charge on any atom is 0.190 e. The molecule has 1 aliphatic heterocycles. The second-order valence-electron chi connectivity index (χ2n) is 5.20. The molecule has 20 heavy (non-hydrogen) atoms. The van der Waals surface area contributed by atoms with Crippen molar-refractivity contribution in [3.05, 3.63) is 10.4 Å². The Morgan fingerprint density at radius 3 is 2.95 bits per heavy atom. The number of nitrogens with one attached hydrogen (secondary N) is 1. The van der Waals surface area contributed by atoms with Gasteiger partial charge in [0.25, 0.3) is 0 Å². The standard InChI is InChI=1S/C14H20N4S2/c1-3-7-19-14-16-12(15)11-9-5-6-18(4-2)8-10(9)20-13(11)17-14/h3-8H2,1-2H3,(H2,15,16,17)/p+1. The summed E-state index contributed by atoms with van der Waals surface area (Å²) in [6.45, 7) is 7.92. The highest BCUT2D eigenvalue weighted by Crippen LogP contribution is 2.35. The van der Waals surface area contributed by atoms with Gasteiger partial charge in [-0.05, 0) is 18.9 Å². The van der Waals surface area contributed by atoms with Crippen molar-refractivity contribution in [2.75, 3.05) is 24.6 Å². The number of quaternary nitrogens is 1. The molecule has 0 spiro atoms. The number of thioether (sulfide) groups is 1. The molecule has 0 aromatic carbocycles. The first kappa shape index (κ1) is 14.1. The molecule has 1 aliphatic rings. The predicted molar refractivity (Wildman–Crippen MR) is 86.6 cm³/mol. The van der Waals surface area contributed by atoms with Crippen LogP contribution in [0.3, 0.4) is 0 Å². The Hall–Kier alpha value is -0.850. The molecule has 1 atom stereocenters. The van der Waals surface area contributed by atoms with Gasteiger partial charge in [0.2, 0.25) is 0 Å². The molecule has 0 fully saturated rings. The second-order valence-corrected chi connectivity index (χ2v) is 7.35. The van der Waals surface area contributed by atoms with Crippen LogP contribution in [0.25, 0.3) is 10.2 Å². The SMILES string of the molecule is CCCSc1nc(N)c2c3c(sc2n1)C[NH+](CC)CC3. The van der Waals surface area contributed by atoms with E-state index in [1.807, 2.05) is 11.3 Å². The molecule has 0 bridgehead atoms. The minimum absolute atomic E-state index is 0.672. The third kappa shape index (κ3) is 2.52. The number of fused-ring (bicyclic) bond motifs is 3. The minimum atomic E-state index is 0.672. The third-order valence-electron chi connectivity index (χ3n) is 3.82. The van der Waals surface area contributed by atoms with Gasteiger partial charge in [-0.1, -0.05) is 18.7 Å². The summed E-state index contributed by atoms with van der Waals surface area (Å²) in [7, 11) is 0. The molecule has 3 heterocycles. The third-order valence-corrected chi connectivity index (χ3v) is 5.99. The maximum atomic E-state index is 6.20. The van der Waals surface area contributed by atoms with E-state index in [9.17, 15) is 0 Å². The van der Waals surface area contributed by atoms with Crippen LogP contribution >= 0.6 is 23.1 Å². The summed E-state index contributed by atoms with van der Waals surface area (Å²) in [4.78, 5) is 13.4. The van der Waals surface area contributed by atoms with Crippen molar-refractivity contribution < 1.29 is 4.90 Å². The highest BCUT2D eigenvalue weighted by atomic mass is 32.2. The molecule has 0 saturated carbocycles. The summed E-state index contributed by atoms with van der Waals surface area (Å²) < 4.78 is 0. The lowest BCUT2D eigenvalue weighted by atomic mass is 10.1. The Labute approximate surface area is 127 Å². The van der Waals surface area contributed by atoms with Crippen molar-refractivity contribution >= 4 is 39.1 Å². The fraction of sp³-hybridized carbons (Fsp3) is 0.571. The number of rotatable bonds is 4. The molecular weight excluding hydrogens is 288 g/mol. The van der Waals surface area contributed by atoms with E-state index in [0.717, 1.165) is 40.5 Å². The first-order valence-electron chi connectivity index (χ1n) is 7.27. The largest absolute Gasteiger partial charge is 0.383 e. The number of anilines is 1. The Bertz CT molecular complexity index is 623. The van der Waals surface area contributed by atoms with Gasteiger partial charge in [-0.25, -0.2) is 9.97 Å². The molecule has 1 unspecified atom stereocenters. The quantitative estimate of drug-likeness (QED) is 0.667. The van der Waals surface area contributed by atoms with Crippen LogP contribution in [0.15, 0.2) is 5.16 Å². The molecule has 0 saturated heterocycles. The molecule has 6 heteroatoms. The first-order valence-corrected chi connectivity index (χ1v) is 9.07. The number of likely N-dealkylation sites (N-methyl/N-ethyl adjacent to an activating group) is 1. The summed E-state index contributed by atoms with van der Waals surface area (Å²) in [5, 5.41) is 1.95. The van der Waals surface area contributed by atoms with E-state index in [0.29, 0.717) is 5.82 Å². The smallest absolute Gasteiger partial charge is 0.190 e. The van der Waals surface area contributed by atoms with Gasteiger partial charge in [-0.3, -0.25) is 0 Å². The predicted octanol–water partition coefficient (Wildman–Crippen LogP) is 1.74. The minimum Gasteiger partial charge on any atom is -0.383 e. The lowest BCUT2D eigenvalue weighted by molar-refractivity contribution is -0.913. The lowest BCUT2D eigenvalue weighted by Gasteiger charge is -2.22. The summed E-state index contributed by atoms with van der Waals surface area (Å²) in [5.74, 6) is 1.72. The molecule has 4 nitrogen and oxygen atoms in total. The zero-order chi connectivity index (χ0) is 14.1. The number of hydrogen-bond acceptors (Lipinski definition) is 5. The Kier molecular flexibility index (Phi) is 4.14. The van der Waals surface area contributed by atoms with Crippen LogP contribution in [0.5, 0.6) is 0 Å². The first-order chi connectivity index (χ1) is 9.72. The average molecular weight is 309 g/mol. The van der Waals surface area contributed by atoms with Gasteiger partial charge in [0.1, 0.15) is 17.2 Å². The van der Waals surface area contributed by atoms with Gasteiger partial charge in [0, 0.05) is 12.2 Å². The molecule has 3 rings (SSSR count). The van der Waals surface area contributed by atoms with Crippen molar-refractivity contribution in [2.24, 2.45) is 0 Å². The Morgan fingerprint density at radius 2 is 2.20 bits per heavy atom. The van der Waals surface area contributed by atoms with Crippen molar-refractivity contribution in [3.63, 3.8) is 0 Å². The summed E-state index contributed by atoms with van der Waals surface area (Å²) >= 11 is 3.52. The van der Waals surface area contributed by atoms with Gasteiger partial charge in [-0.2, -0.15) is 0 Å². The zero-order valence-electron chi connectivity index (χ0n) is 12.0. The Balaban J connectivity index is 2.01. The van der Waals surface area contributed by atoms with Crippen LogP contribution in [0, 0.1) is 0 Å². The van der Waals surface area contributed by atoms with E-state index >= 15 is 0 Å². The van der Waals surface area contributed by atoms with Crippen molar-refractivity contribution in [3.8, 4) is 0 Å². The number of hydrogen-bond donors (Lipinski definition) is 2. The molecule has 0 aliphatic carbocycles. The van der Waals surface area contributed by atoms with Crippen LogP contribution in [0.1, 0.15) is 30.7 Å². The molecule has 3 N–H and O–H groups in total. The molecule has 2 aromatic heterocycles. The number of nitrogen functional groups attached to an aromatic ring is 1. The average Bonchev–Trinajstić information content (AvgIpc) is 2.82. The fourth-order valence-electron chi connectivity index (χ4n) is 2.70. The fourth-order valence-corrected chi connectivity index (χ4v) is 4.76. The monoisotopic (exact) mass is 309 g/mol. The van der Waals surface area contributed by atoms with E-state index in [2.05, 4.69) is 18.8 Å². The van der Waals surface area contributed by atoms with Gasteiger partial charge in [0.05, 0.1) is 23.4 Å². The van der Waals surface area contributed by atoms with Crippen LogP contribution < -0.4 is 10.6 Å². The maximum absolute atomic E-state index is 6.20. The highest BCUT2D eigenvalue weighted by molar-refractivity contribution is 7.99. The highest BCUT2D eigenvalue weighted by Gasteiger charge is 2.25. The van der Waals surface area contributed by atoms with Crippen LogP contribution in [0.2, 0.25) is 0 Å². The van der Waals surface area contributed by atoms with E-state index in [-0.39, 0.29) is 0 Å². The summed E-state index contributed by atoms with van der Waals surface area (Å²) in [6, 6.07) is 0.